The summed E-state index contributed by atoms with van der Waals surface area (Å²) in [6.07, 6.45) is 0.143. The van der Waals surface area contributed by atoms with Gasteiger partial charge >= 0.3 is 10.8 Å². The first kappa shape index (κ1) is 20.1. The molecule has 28 heavy (non-hydrogen) atoms. The van der Waals surface area contributed by atoms with Crippen LogP contribution in [-0.2, 0) is 22.7 Å². The predicted octanol–water partition coefficient (Wildman–Crippen LogP) is 3.49. The van der Waals surface area contributed by atoms with Crippen molar-refractivity contribution in [2.75, 3.05) is 14.2 Å². The van der Waals surface area contributed by atoms with Gasteiger partial charge in [0.05, 0.1) is 26.3 Å². The largest absolute Gasteiger partial charge is 0.493 e. The summed E-state index contributed by atoms with van der Waals surface area (Å²) in [5.74, 6) is 0.914. The zero-order chi connectivity index (χ0) is 20.1. The van der Waals surface area contributed by atoms with Crippen LogP contribution in [0.1, 0.15) is 17.8 Å². The number of esters is 1. The molecule has 0 aliphatic heterocycles. The van der Waals surface area contributed by atoms with Crippen LogP contribution in [0.5, 0.6) is 11.5 Å². The smallest absolute Gasteiger partial charge is 0.307 e. The number of thiazole rings is 2. The Bertz CT molecular complexity index is 1020. The first-order valence-electron chi connectivity index (χ1n) is 8.49. The maximum Gasteiger partial charge on any atom is 0.307 e. The lowest BCUT2D eigenvalue weighted by atomic mass is 10.2. The summed E-state index contributed by atoms with van der Waals surface area (Å²) < 4.78 is 17.4. The second-order valence-corrected chi connectivity index (χ2v) is 7.60. The third-order valence-corrected chi connectivity index (χ3v) is 5.90. The van der Waals surface area contributed by atoms with E-state index in [1.807, 2.05) is 30.5 Å². The Hall–Kier alpha value is -2.65. The molecule has 0 fully saturated rings. The van der Waals surface area contributed by atoms with E-state index in [1.165, 1.54) is 11.3 Å². The Labute approximate surface area is 170 Å². The molecule has 148 valence electrons. The standard InChI is InChI=1S/C19H20N2O5S2/c1-12-10-28-19(23)21(12)7-6-17(22)26-9-14-11-27-18(20-14)13-4-5-15(24-2)16(8-13)25-3/h4-5,8,10-11H,6-7,9H2,1-3H3. The quantitative estimate of drug-likeness (QED) is 0.519. The van der Waals surface area contributed by atoms with Gasteiger partial charge in [0.25, 0.3) is 0 Å². The molecule has 0 N–H and O–H groups in total. The zero-order valence-corrected chi connectivity index (χ0v) is 17.4. The third kappa shape index (κ3) is 4.60. The van der Waals surface area contributed by atoms with Gasteiger partial charge in [-0.1, -0.05) is 11.3 Å². The third-order valence-electron chi connectivity index (χ3n) is 4.08. The summed E-state index contributed by atoms with van der Waals surface area (Å²) in [5.41, 5.74) is 2.42. The van der Waals surface area contributed by atoms with Gasteiger partial charge < -0.3 is 18.8 Å². The Morgan fingerprint density at radius 1 is 1.14 bits per heavy atom. The number of nitrogens with zero attached hydrogens (tertiary/aromatic N) is 2. The minimum Gasteiger partial charge on any atom is -0.493 e. The number of benzene rings is 1. The van der Waals surface area contributed by atoms with Gasteiger partial charge in [-0.25, -0.2) is 4.98 Å². The predicted molar refractivity (Wildman–Crippen MR) is 108 cm³/mol. The summed E-state index contributed by atoms with van der Waals surface area (Å²) in [4.78, 5) is 28.1. The lowest BCUT2D eigenvalue weighted by Gasteiger charge is -2.08. The number of carbonyl (C=O) groups is 1. The van der Waals surface area contributed by atoms with Crippen molar-refractivity contribution in [3.8, 4) is 22.1 Å². The fourth-order valence-electron chi connectivity index (χ4n) is 2.58. The molecule has 3 rings (SSSR count). The van der Waals surface area contributed by atoms with E-state index < -0.39 is 0 Å². The summed E-state index contributed by atoms with van der Waals surface area (Å²) in [7, 11) is 3.17. The van der Waals surface area contributed by atoms with Crippen molar-refractivity contribution >= 4 is 28.6 Å². The van der Waals surface area contributed by atoms with Gasteiger partial charge in [0.2, 0.25) is 0 Å². The number of hydrogen-bond acceptors (Lipinski definition) is 8. The molecule has 0 bridgehead atoms. The molecule has 0 atom stereocenters. The van der Waals surface area contributed by atoms with Gasteiger partial charge in [-0.05, 0) is 25.1 Å². The second kappa shape index (κ2) is 9.03. The van der Waals surface area contributed by atoms with Gasteiger partial charge in [-0.2, -0.15) is 0 Å². The molecule has 0 aliphatic rings. The van der Waals surface area contributed by atoms with Gasteiger partial charge in [0.1, 0.15) is 11.6 Å². The first-order chi connectivity index (χ1) is 13.5. The normalized spacial score (nSPS) is 10.7. The zero-order valence-electron chi connectivity index (χ0n) is 15.8. The number of methoxy groups -OCH3 is 2. The minimum absolute atomic E-state index is 0.0654. The number of hydrogen-bond donors (Lipinski definition) is 0. The number of aromatic nitrogens is 2. The molecule has 7 nitrogen and oxygen atoms in total. The van der Waals surface area contributed by atoms with Gasteiger partial charge in [0, 0.05) is 28.6 Å². The Morgan fingerprint density at radius 3 is 2.61 bits per heavy atom. The Kier molecular flexibility index (Phi) is 6.48. The van der Waals surface area contributed by atoms with E-state index >= 15 is 0 Å². The van der Waals surface area contributed by atoms with Gasteiger partial charge in [-0.3, -0.25) is 9.59 Å². The highest BCUT2D eigenvalue weighted by Gasteiger charge is 2.12. The average molecular weight is 421 g/mol. The van der Waals surface area contributed by atoms with Crippen LogP contribution in [0.2, 0.25) is 0 Å². The van der Waals surface area contributed by atoms with Crippen LogP contribution in [0.25, 0.3) is 10.6 Å². The molecule has 0 saturated carbocycles. The van der Waals surface area contributed by atoms with Crippen molar-refractivity contribution in [3.63, 3.8) is 0 Å². The van der Waals surface area contributed by atoms with E-state index in [0.29, 0.717) is 23.7 Å². The maximum absolute atomic E-state index is 12.0. The van der Waals surface area contributed by atoms with Gasteiger partial charge in [0.15, 0.2) is 11.5 Å². The fraction of sp³-hybridized carbons (Fsp3) is 0.316. The van der Waals surface area contributed by atoms with E-state index in [0.717, 1.165) is 27.6 Å². The molecule has 0 spiro atoms. The molecule has 0 aliphatic carbocycles. The van der Waals surface area contributed by atoms with Gasteiger partial charge in [-0.15, -0.1) is 11.3 Å². The number of aryl methyl sites for hydroxylation is 1. The molecule has 3 aromatic rings. The van der Waals surface area contributed by atoms with Crippen molar-refractivity contribution in [2.24, 2.45) is 0 Å². The molecule has 0 radical (unpaired) electrons. The second-order valence-electron chi connectivity index (χ2n) is 5.92. The van der Waals surface area contributed by atoms with Crippen LogP contribution in [0.15, 0.2) is 33.8 Å². The van der Waals surface area contributed by atoms with Crippen molar-refractivity contribution in [1.82, 2.24) is 9.55 Å². The molecule has 9 heteroatoms. The Balaban J connectivity index is 1.57. The van der Waals surface area contributed by atoms with Crippen LogP contribution in [0.4, 0.5) is 0 Å². The first-order valence-corrected chi connectivity index (χ1v) is 10.2. The highest BCUT2D eigenvalue weighted by atomic mass is 32.1. The Morgan fingerprint density at radius 2 is 1.93 bits per heavy atom. The maximum atomic E-state index is 12.0. The summed E-state index contributed by atoms with van der Waals surface area (Å²) in [6.45, 7) is 2.26. The van der Waals surface area contributed by atoms with Crippen molar-refractivity contribution in [3.05, 3.63) is 50.0 Å². The topological polar surface area (TPSA) is 79.7 Å². The van der Waals surface area contributed by atoms with Crippen LogP contribution in [0, 0.1) is 6.92 Å². The highest BCUT2D eigenvalue weighted by molar-refractivity contribution is 7.13. The summed E-state index contributed by atoms with van der Waals surface area (Å²) in [5, 5.41) is 4.43. The van der Waals surface area contributed by atoms with E-state index in [2.05, 4.69) is 4.98 Å². The molecular formula is C19H20N2O5S2. The number of rotatable bonds is 8. The molecule has 1 aromatic carbocycles. The van der Waals surface area contributed by atoms with E-state index in [9.17, 15) is 9.59 Å². The molecule has 0 amide bonds. The van der Waals surface area contributed by atoms with Crippen LogP contribution >= 0.6 is 22.7 Å². The van der Waals surface area contributed by atoms with Crippen molar-refractivity contribution in [1.29, 1.82) is 0 Å². The average Bonchev–Trinajstić information content (AvgIpc) is 3.31. The van der Waals surface area contributed by atoms with Crippen LogP contribution in [0.3, 0.4) is 0 Å². The molecule has 2 aromatic heterocycles. The van der Waals surface area contributed by atoms with Crippen LogP contribution in [-0.4, -0.2) is 29.7 Å². The lowest BCUT2D eigenvalue weighted by Crippen LogP contribution is -2.17. The lowest BCUT2D eigenvalue weighted by molar-refractivity contribution is -0.145. The molecule has 0 unspecified atom stereocenters. The van der Waals surface area contributed by atoms with E-state index in [4.69, 9.17) is 14.2 Å². The van der Waals surface area contributed by atoms with Crippen LogP contribution < -0.4 is 14.3 Å². The van der Waals surface area contributed by atoms with E-state index in [1.54, 1.807) is 24.2 Å². The number of ether oxygens (including phenoxy) is 3. The van der Waals surface area contributed by atoms with Crippen molar-refractivity contribution < 1.29 is 19.0 Å². The van der Waals surface area contributed by atoms with E-state index in [-0.39, 0.29) is 23.9 Å². The van der Waals surface area contributed by atoms with Crippen molar-refractivity contribution in [2.45, 2.75) is 26.5 Å². The summed E-state index contributed by atoms with van der Waals surface area (Å²) >= 11 is 2.59. The number of carbonyl (C=O) groups excluding carboxylic acids is 1. The summed E-state index contributed by atoms with van der Waals surface area (Å²) in [6, 6.07) is 5.58. The minimum atomic E-state index is -0.363. The fourth-order valence-corrected chi connectivity index (χ4v) is 4.14. The SMILES string of the molecule is COc1ccc(-c2nc(COC(=O)CCn3c(C)csc3=O)cs2)cc1OC. The molecular weight excluding hydrogens is 400 g/mol. The molecule has 0 saturated heterocycles. The molecule has 2 heterocycles. The monoisotopic (exact) mass is 420 g/mol. The highest BCUT2D eigenvalue weighted by Crippen LogP contribution is 2.33.